The quantitative estimate of drug-likeness (QED) is 0.561. The van der Waals surface area contributed by atoms with E-state index in [0.29, 0.717) is 26.2 Å². The molecule has 8 heteroatoms. The SMILES string of the molecule is COCCCn1c(CN(C)Cc2ccc(C)o2)cnc1S(=O)(=O)C1CCCC1. The molecule has 0 saturated heterocycles. The molecule has 2 aromatic heterocycles. The van der Waals surface area contributed by atoms with E-state index in [9.17, 15) is 8.42 Å². The van der Waals surface area contributed by atoms with Gasteiger partial charge in [-0.15, -0.1) is 0 Å². The average Bonchev–Trinajstić information content (AvgIpc) is 3.37. The molecule has 0 amide bonds. The average molecular weight is 410 g/mol. The first kappa shape index (κ1) is 21.1. The van der Waals surface area contributed by atoms with Gasteiger partial charge in [0.15, 0.2) is 0 Å². The number of ether oxygens (including phenoxy) is 1. The number of hydrogen-bond acceptors (Lipinski definition) is 6. The monoisotopic (exact) mass is 409 g/mol. The van der Waals surface area contributed by atoms with Gasteiger partial charge in [0.2, 0.25) is 15.0 Å². The third kappa shape index (κ3) is 4.85. The topological polar surface area (TPSA) is 77.6 Å². The third-order valence-corrected chi connectivity index (χ3v) is 7.46. The highest BCUT2D eigenvalue weighted by atomic mass is 32.2. The Hall–Kier alpha value is -1.64. The molecule has 0 N–H and O–H groups in total. The lowest BCUT2D eigenvalue weighted by atomic mass is 10.3. The van der Waals surface area contributed by atoms with Gasteiger partial charge in [-0.25, -0.2) is 13.4 Å². The summed E-state index contributed by atoms with van der Waals surface area (Å²) in [4.78, 5) is 6.46. The number of rotatable bonds is 10. The lowest BCUT2D eigenvalue weighted by Crippen LogP contribution is -2.24. The molecule has 3 rings (SSSR count). The Morgan fingerprint density at radius 3 is 2.68 bits per heavy atom. The van der Waals surface area contributed by atoms with Crippen LogP contribution in [0.15, 0.2) is 27.9 Å². The van der Waals surface area contributed by atoms with Gasteiger partial charge < -0.3 is 13.7 Å². The van der Waals surface area contributed by atoms with Crippen molar-refractivity contribution in [3.8, 4) is 0 Å². The number of nitrogens with zero attached hydrogens (tertiary/aromatic N) is 3. The summed E-state index contributed by atoms with van der Waals surface area (Å²) >= 11 is 0. The van der Waals surface area contributed by atoms with Crippen LogP contribution in [-0.2, 0) is 34.2 Å². The molecule has 0 spiro atoms. The Bertz CT molecular complexity index is 866. The second-order valence-electron chi connectivity index (χ2n) is 7.67. The molecule has 2 aromatic rings. The van der Waals surface area contributed by atoms with E-state index < -0.39 is 9.84 Å². The van der Waals surface area contributed by atoms with Crippen LogP contribution in [0.1, 0.15) is 49.3 Å². The van der Waals surface area contributed by atoms with Crippen molar-refractivity contribution in [1.82, 2.24) is 14.5 Å². The van der Waals surface area contributed by atoms with Gasteiger partial charge in [-0.05, 0) is 45.4 Å². The fourth-order valence-electron chi connectivity index (χ4n) is 3.87. The number of aryl methyl sites for hydroxylation is 1. The van der Waals surface area contributed by atoms with Crippen molar-refractivity contribution >= 4 is 9.84 Å². The lowest BCUT2D eigenvalue weighted by molar-refractivity contribution is 0.188. The van der Waals surface area contributed by atoms with Crippen molar-refractivity contribution < 1.29 is 17.6 Å². The van der Waals surface area contributed by atoms with Crippen LogP contribution >= 0.6 is 0 Å². The predicted molar refractivity (Wildman–Crippen MR) is 107 cm³/mol. The second-order valence-corrected chi connectivity index (χ2v) is 9.79. The van der Waals surface area contributed by atoms with E-state index >= 15 is 0 Å². The van der Waals surface area contributed by atoms with E-state index in [-0.39, 0.29) is 10.4 Å². The Morgan fingerprint density at radius 2 is 2.04 bits per heavy atom. The second kappa shape index (κ2) is 9.24. The molecule has 1 saturated carbocycles. The number of furan rings is 1. The Labute approximate surface area is 167 Å². The molecule has 1 aliphatic rings. The van der Waals surface area contributed by atoms with Crippen molar-refractivity contribution in [3.63, 3.8) is 0 Å². The van der Waals surface area contributed by atoms with Crippen LogP contribution in [0.5, 0.6) is 0 Å². The summed E-state index contributed by atoms with van der Waals surface area (Å²) in [6.45, 7) is 4.34. The molecule has 1 aliphatic carbocycles. The van der Waals surface area contributed by atoms with Crippen LogP contribution in [-0.4, -0.2) is 48.9 Å². The van der Waals surface area contributed by atoms with Gasteiger partial charge in [0.25, 0.3) is 0 Å². The molecule has 156 valence electrons. The maximum Gasteiger partial charge on any atom is 0.228 e. The van der Waals surface area contributed by atoms with Crippen molar-refractivity contribution in [1.29, 1.82) is 0 Å². The molecule has 2 heterocycles. The van der Waals surface area contributed by atoms with E-state index in [1.54, 1.807) is 13.3 Å². The van der Waals surface area contributed by atoms with Gasteiger partial charge in [-0.2, -0.15) is 0 Å². The molecule has 0 aromatic carbocycles. The number of aromatic nitrogens is 2. The van der Waals surface area contributed by atoms with Crippen LogP contribution in [0.4, 0.5) is 0 Å². The van der Waals surface area contributed by atoms with Gasteiger partial charge in [-0.1, -0.05) is 12.8 Å². The van der Waals surface area contributed by atoms with Crippen LogP contribution in [0, 0.1) is 6.92 Å². The first-order valence-corrected chi connectivity index (χ1v) is 11.5. The maximum absolute atomic E-state index is 13.1. The Kier molecular flexibility index (Phi) is 6.95. The summed E-state index contributed by atoms with van der Waals surface area (Å²) in [5.74, 6) is 1.78. The highest BCUT2D eigenvalue weighted by Crippen LogP contribution is 2.30. The zero-order valence-corrected chi connectivity index (χ0v) is 17.9. The summed E-state index contributed by atoms with van der Waals surface area (Å²) in [6, 6.07) is 3.92. The zero-order valence-electron chi connectivity index (χ0n) is 17.1. The minimum Gasteiger partial charge on any atom is -0.465 e. The molecule has 0 bridgehead atoms. The van der Waals surface area contributed by atoms with E-state index in [2.05, 4.69) is 9.88 Å². The van der Waals surface area contributed by atoms with Crippen molar-refractivity contribution in [2.45, 2.75) is 69.1 Å². The van der Waals surface area contributed by atoms with Gasteiger partial charge in [0.05, 0.1) is 23.7 Å². The van der Waals surface area contributed by atoms with E-state index in [4.69, 9.17) is 9.15 Å². The highest BCUT2D eigenvalue weighted by Gasteiger charge is 2.34. The molecular formula is C20H31N3O4S. The number of imidazole rings is 1. The smallest absolute Gasteiger partial charge is 0.228 e. The first-order valence-electron chi connectivity index (χ1n) is 9.93. The highest BCUT2D eigenvalue weighted by molar-refractivity contribution is 7.91. The molecule has 0 atom stereocenters. The minimum absolute atomic E-state index is 0.216. The normalized spacial score (nSPS) is 15.7. The van der Waals surface area contributed by atoms with E-state index in [0.717, 1.165) is 49.3 Å². The maximum atomic E-state index is 13.1. The van der Waals surface area contributed by atoms with Gasteiger partial charge in [-0.3, -0.25) is 4.90 Å². The number of hydrogen-bond donors (Lipinski definition) is 0. The summed E-state index contributed by atoms with van der Waals surface area (Å²) in [5.41, 5.74) is 0.901. The van der Waals surface area contributed by atoms with Gasteiger partial charge >= 0.3 is 0 Å². The van der Waals surface area contributed by atoms with Crippen molar-refractivity contribution in [2.24, 2.45) is 0 Å². The summed E-state index contributed by atoms with van der Waals surface area (Å²) in [7, 11) is 0.249. The van der Waals surface area contributed by atoms with Crippen molar-refractivity contribution in [3.05, 3.63) is 35.5 Å². The summed E-state index contributed by atoms with van der Waals surface area (Å²) < 4.78 is 39.0. The van der Waals surface area contributed by atoms with Gasteiger partial charge in [0, 0.05) is 26.8 Å². The first-order chi connectivity index (χ1) is 13.4. The van der Waals surface area contributed by atoms with Crippen LogP contribution in [0.3, 0.4) is 0 Å². The molecule has 0 unspecified atom stereocenters. The summed E-state index contributed by atoms with van der Waals surface area (Å²) in [6.07, 6.45) is 5.88. The molecule has 0 aliphatic heterocycles. The Balaban J connectivity index is 1.80. The van der Waals surface area contributed by atoms with E-state index in [1.165, 1.54) is 0 Å². The molecular weight excluding hydrogens is 378 g/mol. The van der Waals surface area contributed by atoms with Crippen LogP contribution in [0.25, 0.3) is 0 Å². The largest absolute Gasteiger partial charge is 0.465 e. The number of sulfone groups is 1. The molecule has 28 heavy (non-hydrogen) atoms. The minimum atomic E-state index is -3.40. The summed E-state index contributed by atoms with van der Waals surface area (Å²) in [5, 5.41) is -0.0829. The molecule has 1 fully saturated rings. The fourth-order valence-corrected chi connectivity index (χ4v) is 5.84. The fraction of sp³-hybridized carbons (Fsp3) is 0.650. The predicted octanol–water partition coefficient (Wildman–Crippen LogP) is 3.17. The van der Waals surface area contributed by atoms with Crippen molar-refractivity contribution in [2.75, 3.05) is 20.8 Å². The number of methoxy groups -OCH3 is 1. The van der Waals surface area contributed by atoms with Crippen LogP contribution in [0.2, 0.25) is 0 Å². The zero-order chi connectivity index (χ0) is 20.1. The Morgan fingerprint density at radius 1 is 1.29 bits per heavy atom. The van der Waals surface area contributed by atoms with Crippen LogP contribution < -0.4 is 0 Å². The third-order valence-electron chi connectivity index (χ3n) is 5.28. The standard InChI is InChI=1S/C20H31N3O4S/c1-16-9-10-18(27-16)15-22(2)14-17-13-21-20(23(17)11-6-12-26-3)28(24,25)19-7-4-5-8-19/h9-10,13,19H,4-8,11-12,14-15H2,1-3H3. The lowest BCUT2D eigenvalue weighted by Gasteiger charge is -2.19. The molecule has 0 radical (unpaired) electrons. The molecule has 7 nitrogen and oxygen atoms in total. The van der Waals surface area contributed by atoms with Gasteiger partial charge in [0.1, 0.15) is 11.5 Å². The van der Waals surface area contributed by atoms with E-state index in [1.807, 2.05) is 30.7 Å².